The van der Waals surface area contributed by atoms with E-state index < -0.39 is 5.97 Å². The van der Waals surface area contributed by atoms with Gasteiger partial charge in [-0.25, -0.2) is 0 Å². The molecule has 0 spiro atoms. The van der Waals surface area contributed by atoms with Gasteiger partial charge in [0, 0.05) is 12.0 Å². The highest BCUT2D eigenvalue weighted by molar-refractivity contribution is 5.67. The Labute approximate surface area is 106 Å². The molecule has 1 aliphatic carbocycles. The fraction of sp³-hybridized carbons (Fsp3) is 0.750. The van der Waals surface area contributed by atoms with Crippen molar-refractivity contribution >= 4 is 5.97 Å². The number of rotatable bonds is 7. The van der Waals surface area contributed by atoms with Crippen LogP contribution in [-0.4, -0.2) is 38.7 Å². The minimum Gasteiger partial charge on any atom is -0.481 e. The third-order valence-corrected chi connectivity index (χ3v) is 3.26. The quantitative estimate of drug-likeness (QED) is 0.795. The van der Waals surface area contributed by atoms with Crippen LogP contribution in [0.1, 0.15) is 50.7 Å². The van der Waals surface area contributed by atoms with Crippen LogP contribution in [0.4, 0.5) is 0 Å². The van der Waals surface area contributed by atoms with Gasteiger partial charge in [0.2, 0.25) is 5.89 Å². The Morgan fingerprint density at radius 3 is 2.89 bits per heavy atom. The van der Waals surface area contributed by atoms with E-state index in [1.165, 1.54) is 0 Å². The first-order valence-corrected chi connectivity index (χ1v) is 6.38. The van der Waals surface area contributed by atoms with E-state index in [9.17, 15) is 4.79 Å². The molecule has 1 aromatic heterocycles. The second kappa shape index (κ2) is 5.48. The van der Waals surface area contributed by atoms with Crippen LogP contribution < -0.4 is 0 Å². The van der Waals surface area contributed by atoms with Crippen molar-refractivity contribution in [2.24, 2.45) is 0 Å². The molecule has 0 saturated heterocycles. The van der Waals surface area contributed by atoms with Gasteiger partial charge < -0.3 is 9.63 Å². The number of hydrogen-bond donors (Lipinski definition) is 1. The summed E-state index contributed by atoms with van der Waals surface area (Å²) in [6.07, 6.45) is 2.41. The van der Waals surface area contributed by atoms with Crippen LogP contribution in [0, 0.1) is 0 Å². The SMILES string of the molecule is CCN(Cc1nc(C2CC2)no1)C(C)CC(=O)O. The molecule has 1 atom stereocenters. The molecule has 1 aliphatic rings. The first kappa shape index (κ1) is 13.0. The number of nitrogens with zero attached hydrogens (tertiary/aromatic N) is 3. The molecular formula is C12H19N3O3. The van der Waals surface area contributed by atoms with Crippen LogP contribution in [0.3, 0.4) is 0 Å². The summed E-state index contributed by atoms with van der Waals surface area (Å²) < 4.78 is 5.20. The van der Waals surface area contributed by atoms with Crippen molar-refractivity contribution in [2.75, 3.05) is 6.54 Å². The molecule has 1 unspecified atom stereocenters. The molecule has 0 amide bonds. The molecule has 2 rings (SSSR count). The summed E-state index contributed by atoms with van der Waals surface area (Å²) in [7, 11) is 0. The average Bonchev–Trinajstić information content (AvgIpc) is 3.05. The molecule has 0 aromatic carbocycles. The predicted molar refractivity (Wildman–Crippen MR) is 64.1 cm³/mol. The Morgan fingerprint density at radius 1 is 1.61 bits per heavy atom. The second-order valence-corrected chi connectivity index (χ2v) is 4.83. The highest BCUT2D eigenvalue weighted by Gasteiger charge is 2.29. The normalized spacial score (nSPS) is 17.1. The minimum atomic E-state index is -0.787. The highest BCUT2D eigenvalue weighted by Crippen LogP contribution is 2.38. The fourth-order valence-electron chi connectivity index (χ4n) is 1.97. The summed E-state index contributed by atoms with van der Waals surface area (Å²) in [6, 6.07) is -0.0382. The molecule has 0 bridgehead atoms. The summed E-state index contributed by atoms with van der Waals surface area (Å²) in [5, 5.41) is 12.8. The van der Waals surface area contributed by atoms with E-state index >= 15 is 0 Å². The van der Waals surface area contributed by atoms with E-state index in [-0.39, 0.29) is 12.5 Å². The van der Waals surface area contributed by atoms with Crippen molar-refractivity contribution in [1.82, 2.24) is 15.0 Å². The van der Waals surface area contributed by atoms with Crippen molar-refractivity contribution in [1.29, 1.82) is 0 Å². The van der Waals surface area contributed by atoms with Crippen LogP contribution in [0.25, 0.3) is 0 Å². The van der Waals surface area contributed by atoms with Crippen LogP contribution in [-0.2, 0) is 11.3 Å². The smallest absolute Gasteiger partial charge is 0.304 e. The van der Waals surface area contributed by atoms with Gasteiger partial charge >= 0.3 is 5.97 Å². The number of carboxylic acids is 1. The summed E-state index contributed by atoms with van der Waals surface area (Å²) in [5.41, 5.74) is 0. The van der Waals surface area contributed by atoms with Gasteiger partial charge in [0.05, 0.1) is 13.0 Å². The molecule has 18 heavy (non-hydrogen) atoms. The zero-order valence-electron chi connectivity index (χ0n) is 10.8. The topological polar surface area (TPSA) is 79.5 Å². The molecule has 1 aromatic rings. The Hall–Kier alpha value is -1.43. The van der Waals surface area contributed by atoms with E-state index in [1.54, 1.807) is 0 Å². The lowest BCUT2D eigenvalue weighted by Gasteiger charge is -2.24. The van der Waals surface area contributed by atoms with E-state index in [4.69, 9.17) is 9.63 Å². The Balaban J connectivity index is 1.93. The second-order valence-electron chi connectivity index (χ2n) is 4.83. The molecular weight excluding hydrogens is 234 g/mol. The molecule has 6 nitrogen and oxygen atoms in total. The maximum absolute atomic E-state index is 10.7. The van der Waals surface area contributed by atoms with Crippen molar-refractivity contribution in [3.05, 3.63) is 11.7 Å². The third kappa shape index (κ3) is 3.29. The standard InChI is InChI=1S/C12H19N3O3/c1-3-15(8(2)6-11(16)17)7-10-13-12(14-18-10)9-4-5-9/h8-9H,3-7H2,1-2H3,(H,16,17). The lowest BCUT2D eigenvalue weighted by molar-refractivity contribution is -0.138. The zero-order valence-corrected chi connectivity index (χ0v) is 10.8. The third-order valence-electron chi connectivity index (χ3n) is 3.26. The highest BCUT2D eigenvalue weighted by atomic mass is 16.5. The number of hydrogen-bond acceptors (Lipinski definition) is 5. The first-order chi connectivity index (χ1) is 8.60. The summed E-state index contributed by atoms with van der Waals surface area (Å²) in [5.74, 6) is 1.07. The van der Waals surface area contributed by atoms with Gasteiger partial charge in [-0.05, 0) is 26.3 Å². The molecule has 1 saturated carbocycles. The number of aliphatic carboxylic acids is 1. The largest absolute Gasteiger partial charge is 0.481 e. The Morgan fingerprint density at radius 2 is 2.33 bits per heavy atom. The molecule has 6 heteroatoms. The Kier molecular flexibility index (Phi) is 3.96. The van der Waals surface area contributed by atoms with E-state index in [2.05, 4.69) is 10.1 Å². The number of carbonyl (C=O) groups is 1. The van der Waals surface area contributed by atoms with Crippen LogP contribution in [0.2, 0.25) is 0 Å². The lowest BCUT2D eigenvalue weighted by Crippen LogP contribution is -2.34. The van der Waals surface area contributed by atoms with Crippen molar-refractivity contribution in [3.63, 3.8) is 0 Å². The van der Waals surface area contributed by atoms with Crippen molar-refractivity contribution in [2.45, 2.75) is 51.6 Å². The predicted octanol–water partition coefficient (Wildman–Crippen LogP) is 1.63. The average molecular weight is 253 g/mol. The number of aromatic nitrogens is 2. The molecule has 0 radical (unpaired) electrons. The molecule has 1 heterocycles. The van der Waals surface area contributed by atoms with Crippen molar-refractivity contribution in [3.8, 4) is 0 Å². The van der Waals surface area contributed by atoms with Crippen LogP contribution in [0.5, 0.6) is 0 Å². The maximum atomic E-state index is 10.7. The fourth-order valence-corrected chi connectivity index (χ4v) is 1.97. The van der Waals surface area contributed by atoms with E-state index in [0.29, 0.717) is 18.4 Å². The molecule has 0 aliphatic heterocycles. The zero-order chi connectivity index (χ0) is 13.1. The van der Waals surface area contributed by atoms with Crippen molar-refractivity contribution < 1.29 is 14.4 Å². The summed E-state index contributed by atoms with van der Waals surface area (Å²) >= 11 is 0. The monoisotopic (exact) mass is 253 g/mol. The van der Waals surface area contributed by atoms with Gasteiger partial charge in [-0.1, -0.05) is 12.1 Å². The molecule has 1 fully saturated rings. The van der Waals surface area contributed by atoms with Gasteiger partial charge in [0.15, 0.2) is 5.82 Å². The minimum absolute atomic E-state index is 0.0382. The van der Waals surface area contributed by atoms with Gasteiger partial charge in [0.25, 0.3) is 0 Å². The van der Waals surface area contributed by atoms with E-state index in [0.717, 1.165) is 25.2 Å². The number of carboxylic acid groups (broad SMARTS) is 1. The van der Waals surface area contributed by atoms with Gasteiger partial charge in [-0.3, -0.25) is 9.69 Å². The first-order valence-electron chi connectivity index (χ1n) is 6.38. The summed E-state index contributed by atoms with van der Waals surface area (Å²) in [6.45, 7) is 5.17. The maximum Gasteiger partial charge on any atom is 0.304 e. The van der Waals surface area contributed by atoms with E-state index in [1.807, 2.05) is 18.7 Å². The Bertz CT molecular complexity index is 414. The lowest BCUT2D eigenvalue weighted by atomic mass is 10.2. The van der Waals surface area contributed by atoms with Gasteiger partial charge in [-0.2, -0.15) is 4.98 Å². The van der Waals surface area contributed by atoms with Crippen LogP contribution >= 0.6 is 0 Å². The van der Waals surface area contributed by atoms with Crippen LogP contribution in [0.15, 0.2) is 4.52 Å². The van der Waals surface area contributed by atoms with Gasteiger partial charge in [0.1, 0.15) is 0 Å². The summed E-state index contributed by atoms with van der Waals surface area (Å²) in [4.78, 5) is 17.1. The molecule has 1 N–H and O–H groups in total. The molecule has 100 valence electrons. The van der Waals surface area contributed by atoms with Gasteiger partial charge in [-0.15, -0.1) is 0 Å².